The van der Waals surface area contributed by atoms with Crippen LogP contribution in [0.3, 0.4) is 0 Å². The molecule has 4 nitrogen and oxygen atoms in total. The Hall–Kier alpha value is -1.86. The molecule has 0 aromatic heterocycles. The zero-order valence-corrected chi connectivity index (χ0v) is 10.0. The van der Waals surface area contributed by atoms with Crippen molar-refractivity contribution in [3.8, 4) is 6.07 Å². The van der Waals surface area contributed by atoms with Crippen LogP contribution < -0.4 is 5.32 Å². The van der Waals surface area contributed by atoms with Crippen molar-refractivity contribution in [2.75, 3.05) is 13.2 Å². The highest BCUT2D eigenvalue weighted by Crippen LogP contribution is 2.12. The Balaban J connectivity index is 2.68. The van der Waals surface area contributed by atoms with Gasteiger partial charge in [0.2, 0.25) is 0 Å². The number of nitrogens with one attached hydrogen (secondary N) is 1. The molecule has 0 aliphatic carbocycles. The molecule has 1 rings (SSSR count). The van der Waals surface area contributed by atoms with E-state index in [1.54, 1.807) is 24.3 Å². The first-order valence-electron chi connectivity index (χ1n) is 5.38. The van der Waals surface area contributed by atoms with E-state index in [0.717, 1.165) is 0 Å². The lowest BCUT2D eigenvalue weighted by atomic mass is 9.95. The molecule has 0 saturated carbocycles. The number of carbonyl (C=O) groups excluding carboxylic acids is 1. The number of rotatable bonds is 4. The van der Waals surface area contributed by atoms with Crippen LogP contribution in [0.15, 0.2) is 24.3 Å². The number of benzene rings is 1. The molecule has 0 aliphatic rings. The maximum absolute atomic E-state index is 11.8. The molecule has 0 fully saturated rings. The number of carbonyl (C=O) groups is 1. The molecule has 17 heavy (non-hydrogen) atoms. The van der Waals surface area contributed by atoms with Gasteiger partial charge in [-0.1, -0.05) is 19.9 Å². The largest absolute Gasteiger partial charge is 0.396 e. The Morgan fingerprint density at radius 1 is 1.53 bits per heavy atom. The summed E-state index contributed by atoms with van der Waals surface area (Å²) >= 11 is 0. The fourth-order valence-electron chi connectivity index (χ4n) is 1.21. The van der Waals surface area contributed by atoms with Gasteiger partial charge in [0.25, 0.3) is 5.91 Å². The first-order valence-corrected chi connectivity index (χ1v) is 5.38. The van der Waals surface area contributed by atoms with E-state index < -0.39 is 0 Å². The van der Waals surface area contributed by atoms with Crippen LogP contribution in [0.25, 0.3) is 0 Å². The molecule has 0 spiro atoms. The van der Waals surface area contributed by atoms with E-state index in [2.05, 4.69) is 5.32 Å². The van der Waals surface area contributed by atoms with Gasteiger partial charge in [-0.15, -0.1) is 0 Å². The highest BCUT2D eigenvalue weighted by molar-refractivity contribution is 5.94. The molecule has 0 heterocycles. The Morgan fingerprint density at radius 2 is 2.24 bits per heavy atom. The maximum atomic E-state index is 11.8. The fourth-order valence-corrected chi connectivity index (χ4v) is 1.21. The Labute approximate surface area is 101 Å². The molecule has 1 aromatic rings. The van der Waals surface area contributed by atoms with Crippen molar-refractivity contribution in [2.24, 2.45) is 5.41 Å². The molecule has 0 atom stereocenters. The Morgan fingerprint density at radius 3 is 2.82 bits per heavy atom. The molecule has 0 bridgehead atoms. The second-order valence-corrected chi connectivity index (χ2v) is 4.70. The van der Waals surface area contributed by atoms with E-state index in [-0.39, 0.29) is 17.9 Å². The van der Waals surface area contributed by atoms with Gasteiger partial charge in [0.05, 0.1) is 11.6 Å². The molecule has 0 saturated heterocycles. The normalized spacial score (nSPS) is 10.7. The first-order chi connectivity index (χ1) is 7.98. The van der Waals surface area contributed by atoms with Gasteiger partial charge in [0.15, 0.2) is 0 Å². The third-order valence-corrected chi connectivity index (χ3v) is 2.41. The Bertz CT molecular complexity index is 447. The zero-order valence-electron chi connectivity index (χ0n) is 10.0. The van der Waals surface area contributed by atoms with E-state index in [9.17, 15) is 4.79 Å². The number of hydrogen-bond acceptors (Lipinski definition) is 3. The molecule has 1 amide bonds. The summed E-state index contributed by atoms with van der Waals surface area (Å²) < 4.78 is 0. The molecular formula is C13H16N2O2. The molecule has 1 aromatic carbocycles. The SMILES string of the molecule is CC(C)(CO)CNC(=O)c1cccc(C#N)c1. The molecule has 0 aliphatic heterocycles. The number of hydrogen-bond donors (Lipinski definition) is 2. The average Bonchev–Trinajstić information content (AvgIpc) is 2.36. The van der Waals surface area contributed by atoms with E-state index in [0.29, 0.717) is 17.7 Å². The summed E-state index contributed by atoms with van der Waals surface area (Å²) in [6.07, 6.45) is 0. The summed E-state index contributed by atoms with van der Waals surface area (Å²) in [4.78, 5) is 11.8. The fraction of sp³-hybridized carbons (Fsp3) is 0.385. The van der Waals surface area contributed by atoms with E-state index in [1.807, 2.05) is 19.9 Å². The van der Waals surface area contributed by atoms with Crippen LogP contribution in [0, 0.1) is 16.7 Å². The summed E-state index contributed by atoms with van der Waals surface area (Å²) in [6.45, 7) is 4.11. The minimum absolute atomic E-state index is 0.00547. The van der Waals surface area contributed by atoms with E-state index >= 15 is 0 Å². The minimum atomic E-state index is -0.345. The summed E-state index contributed by atoms with van der Waals surface area (Å²) in [5.74, 6) is -0.233. The minimum Gasteiger partial charge on any atom is -0.396 e. The second kappa shape index (κ2) is 5.46. The summed E-state index contributed by atoms with van der Waals surface area (Å²) in [6, 6.07) is 8.50. The van der Waals surface area contributed by atoms with Crippen LogP contribution >= 0.6 is 0 Å². The standard InChI is InChI=1S/C13H16N2O2/c1-13(2,9-16)8-15-12(17)11-5-3-4-10(6-11)7-14/h3-6,16H,8-9H2,1-2H3,(H,15,17). The molecule has 4 heteroatoms. The lowest BCUT2D eigenvalue weighted by Crippen LogP contribution is -2.36. The van der Waals surface area contributed by atoms with Crippen molar-refractivity contribution in [2.45, 2.75) is 13.8 Å². The number of aliphatic hydroxyl groups excluding tert-OH is 1. The lowest BCUT2D eigenvalue weighted by Gasteiger charge is -2.21. The van der Waals surface area contributed by atoms with Crippen molar-refractivity contribution in [1.82, 2.24) is 5.32 Å². The monoisotopic (exact) mass is 232 g/mol. The quantitative estimate of drug-likeness (QED) is 0.822. The number of nitrogens with zero attached hydrogens (tertiary/aromatic N) is 1. The first kappa shape index (κ1) is 13.2. The number of aliphatic hydroxyl groups is 1. The van der Waals surface area contributed by atoms with Crippen molar-refractivity contribution >= 4 is 5.91 Å². The van der Waals surface area contributed by atoms with Crippen LogP contribution in [-0.4, -0.2) is 24.2 Å². The van der Waals surface area contributed by atoms with Crippen LogP contribution in [0.4, 0.5) is 0 Å². The van der Waals surface area contributed by atoms with Crippen molar-refractivity contribution in [1.29, 1.82) is 5.26 Å². The van der Waals surface area contributed by atoms with Crippen LogP contribution in [0.5, 0.6) is 0 Å². The van der Waals surface area contributed by atoms with Crippen LogP contribution in [-0.2, 0) is 0 Å². The van der Waals surface area contributed by atoms with Gasteiger partial charge >= 0.3 is 0 Å². The van der Waals surface area contributed by atoms with Crippen molar-refractivity contribution < 1.29 is 9.90 Å². The van der Waals surface area contributed by atoms with Gasteiger partial charge in [-0.05, 0) is 18.2 Å². The molecule has 0 unspecified atom stereocenters. The second-order valence-electron chi connectivity index (χ2n) is 4.70. The summed E-state index contributed by atoms with van der Waals surface area (Å²) in [7, 11) is 0. The predicted molar refractivity (Wildman–Crippen MR) is 64.4 cm³/mol. The Kier molecular flexibility index (Phi) is 4.24. The van der Waals surface area contributed by atoms with Crippen molar-refractivity contribution in [3.05, 3.63) is 35.4 Å². The van der Waals surface area contributed by atoms with Gasteiger partial charge in [0.1, 0.15) is 0 Å². The maximum Gasteiger partial charge on any atom is 0.251 e. The van der Waals surface area contributed by atoms with E-state index in [1.165, 1.54) is 0 Å². The smallest absolute Gasteiger partial charge is 0.251 e. The summed E-state index contributed by atoms with van der Waals surface area (Å²) in [5.41, 5.74) is 0.569. The third-order valence-electron chi connectivity index (χ3n) is 2.41. The average molecular weight is 232 g/mol. The summed E-state index contributed by atoms with van der Waals surface area (Å²) in [5, 5.41) is 20.5. The molecule has 0 radical (unpaired) electrons. The van der Waals surface area contributed by atoms with Crippen molar-refractivity contribution in [3.63, 3.8) is 0 Å². The highest BCUT2D eigenvalue weighted by atomic mass is 16.3. The van der Waals surface area contributed by atoms with Gasteiger partial charge in [-0.3, -0.25) is 4.79 Å². The molecular weight excluding hydrogens is 216 g/mol. The number of amides is 1. The lowest BCUT2D eigenvalue weighted by molar-refractivity contribution is 0.0911. The van der Waals surface area contributed by atoms with Crippen LogP contribution in [0.2, 0.25) is 0 Å². The topological polar surface area (TPSA) is 73.1 Å². The predicted octanol–water partition coefficient (Wildman–Crippen LogP) is 1.31. The van der Waals surface area contributed by atoms with Crippen LogP contribution in [0.1, 0.15) is 29.8 Å². The highest BCUT2D eigenvalue weighted by Gasteiger charge is 2.17. The molecule has 2 N–H and O–H groups in total. The molecule has 90 valence electrons. The van der Waals surface area contributed by atoms with Gasteiger partial charge in [-0.25, -0.2) is 0 Å². The third kappa shape index (κ3) is 3.89. The van der Waals surface area contributed by atoms with Gasteiger partial charge in [-0.2, -0.15) is 5.26 Å². The van der Waals surface area contributed by atoms with E-state index in [4.69, 9.17) is 10.4 Å². The van der Waals surface area contributed by atoms with Gasteiger partial charge < -0.3 is 10.4 Å². The number of nitriles is 1. The zero-order chi connectivity index (χ0) is 12.9. The van der Waals surface area contributed by atoms with Gasteiger partial charge in [0, 0.05) is 24.1 Å².